The summed E-state index contributed by atoms with van der Waals surface area (Å²) in [6, 6.07) is 4.80. The molecule has 0 atom stereocenters. The number of sulfonamides is 1. The van der Waals surface area contributed by atoms with E-state index >= 15 is 0 Å². The molecule has 0 aliphatic heterocycles. The molecule has 0 aliphatic carbocycles. The molecule has 2 aromatic rings. The number of anilines is 1. The van der Waals surface area contributed by atoms with Crippen molar-refractivity contribution in [3.05, 3.63) is 58.1 Å². The van der Waals surface area contributed by atoms with Gasteiger partial charge in [0.05, 0.1) is 16.3 Å². The molecule has 0 aromatic heterocycles. The van der Waals surface area contributed by atoms with Gasteiger partial charge in [0, 0.05) is 11.1 Å². The van der Waals surface area contributed by atoms with Gasteiger partial charge in [0.1, 0.15) is 4.90 Å². The van der Waals surface area contributed by atoms with Crippen LogP contribution in [0, 0.1) is 0 Å². The number of primary amides is 2. The summed E-state index contributed by atoms with van der Waals surface area (Å²) in [6.45, 7) is 0. The highest BCUT2D eigenvalue weighted by molar-refractivity contribution is 7.92. The van der Waals surface area contributed by atoms with Crippen LogP contribution < -0.4 is 16.2 Å². The van der Waals surface area contributed by atoms with E-state index in [0.29, 0.717) is 12.1 Å². The normalized spacial score (nSPS) is 11.9. The Morgan fingerprint density at radius 1 is 0.963 bits per heavy atom. The molecule has 2 amide bonds. The monoisotopic (exact) mass is 421 g/mol. The molecule has 144 valence electrons. The van der Waals surface area contributed by atoms with Crippen LogP contribution in [0.5, 0.6) is 0 Å². The number of carbonyl (C=O) groups excluding carboxylic acids is 2. The number of carbonyl (C=O) groups is 2. The number of nitrogens with one attached hydrogen (secondary N) is 1. The van der Waals surface area contributed by atoms with E-state index in [1.54, 1.807) is 0 Å². The van der Waals surface area contributed by atoms with Crippen molar-refractivity contribution in [1.82, 2.24) is 0 Å². The van der Waals surface area contributed by atoms with E-state index in [1.165, 1.54) is 0 Å². The third-order valence-electron chi connectivity index (χ3n) is 3.30. The molecule has 0 aliphatic rings. The fourth-order valence-corrected chi connectivity index (χ4v) is 3.63. The van der Waals surface area contributed by atoms with Gasteiger partial charge in [-0.25, -0.2) is 8.42 Å². The van der Waals surface area contributed by atoms with Gasteiger partial charge < -0.3 is 11.5 Å². The highest BCUT2D eigenvalue weighted by Gasteiger charge is 2.32. The quantitative estimate of drug-likeness (QED) is 0.683. The first-order chi connectivity index (χ1) is 12.3. The molecule has 0 saturated heterocycles. The third-order valence-corrected chi connectivity index (χ3v) is 5.17. The minimum absolute atomic E-state index is 0.237. The number of amides is 2. The van der Waals surface area contributed by atoms with Crippen LogP contribution in [0.15, 0.2) is 41.3 Å². The fourth-order valence-electron chi connectivity index (χ4n) is 2.07. The fraction of sp³-hybridized carbons (Fsp3) is 0.0667. The maximum atomic E-state index is 12.8. The molecule has 12 heteroatoms. The topological polar surface area (TPSA) is 132 Å². The van der Waals surface area contributed by atoms with E-state index in [4.69, 9.17) is 23.1 Å². The Labute approximate surface area is 156 Å². The highest BCUT2D eigenvalue weighted by atomic mass is 35.5. The second kappa shape index (κ2) is 7.08. The van der Waals surface area contributed by atoms with Crippen molar-refractivity contribution in [3.63, 3.8) is 0 Å². The minimum atomic E-state index is -4.79. The third kappa shape index (κ3) is 4.68. The Hall–Kier alpha value is -2.79. The second-order valence-electron chi connectivity index (χ2n) is 5.28. The first-order valence-electron chi connectivity index (χ1n) is 6.95. The molecule has 0 fully saturated rings. The van der Waals surface area contributed by atoms with Gasteiger partial charge in [0.15, 0.2) is 0 Å². The van der Waals surface area contributed by atoms with Gasteiger partial charge in [-0.15, -0.1) is 0 Å². The van der Waals surface area contributed by atoms with Crippen LogP contribution in [0.3, 0.4) is 0 Å². The van der Waals surface area contributed by atoms with Crippen molar-refractivity contribution in [3.8, 4) is 0 Å². The molecule has 27 heavy (non-hydrogen) atoms. The predicted molar refractivity (Wildman–Crippen MR) is 90.7 cm³/mol. The number of hydrogen-bond donors (Lipinski definition) is 3. The Balaban J connectivity index is 2.54. The first kappa shape index (κ1) is 20.5. The summed E-state index contributed by atoms with van der Waals surface area (Å²) < 4.78 is 65.4. The van der Waals surface area contributed by atoms with Crippen molar-refractivity contribution < 1.29 is 31.2 Å². The highest BCUT2D eigenvalue weighted by Crippen LogP contribution is 2.34. The lowest BCUT2D eigenvalue weighted by Crippen LogP contribution is -2.19. The van der Waals surface area contributed by atoms with Crippen molar-refractivity contribution >= 4 is 39.1 Å². The average molecular weight is 422 g/mol. The molecular weight excluding hydrogens is 411 g/mol. The van der Waals surface area contributed by atoms with Gasteiger partial charge in [0.25, 0.3) is 10.0 Å². The smallest absolute Gasteiger partial charge is 0.366 e. The maximum absolute atomic E-state index is 12.8. The summed E-state index contributed by atoms with van der Waals surface area (Å²) in [5, 5.41) is -0.461. The number of benzene rings is 2. The van der Waals surface area contributed by atoms with Crippen molar-refractivity contribution in [2.45, 2.75) is 11.1 Å². The number of nitrogens with two attached hydrogens (primary N) is 2. The van der Waals surface area contributed by atoms with Crippen LogP contribution >= 0.6 is 11.6 Å². The summed E-state index contributed by atoms with van der Waals surface area (Å²) in [6.07, 6.45) is -4.79. The molecule has 0 spiro atoms. The Kier molecular flexibility index (Phi) is 5.38. The zero-order valence-electron chi connectivity index (χ0n) is 13.2. The lowest BCUT2D eigenvalue weighted by molar-refractivity contribution is -0.137. The van der Waals surface area contributed by atoms with Gasteiger partial charge >= 0.3 is 6.18 Å². The number of rotatable bonds is 5. The van der Waals surface area contributed by atoms with Crippen molar-refractivity contribution in [1.29, 1.82) is 0 Å². The first-order valence-corrected chi connectivity index (χ1v) is 8.81. The van der Waals surface area contributed by atoms with Gasteiger partial charge in [-0.1, -0.05) is 11.6 Å². The summed E-state index contributed by atoms with van der Waals surface area (Å²) in [4.78, 5) is 21.8. The molecule has 7 nitrogen and oxygen atoms in total. The van der Waals surface area contributed by atoms with Crippen molar-refractivity contribution in [2.75, 3.05) is 4.72 Å². The Morgan fingerprint density at radius 3 is 1.93 bits per heavy atom. The maximum Gasteiger partial charge on any atom is 0.416 e. The molecule has 2 rings (SSSR count). The molecule has 2 aromatic carbocycles. The van der Waals surface area contributed by atoms with Crippen LogP contribution in [-0.4, -0.2) is 20.2 Å². The van der Waals surface area contributed by atoms with E-state index in [0.717, 1.165) is 24.3 Å². The van der Waals surface area contributed by atoms with E-state index < -0.39 is 43.5 Å². The van der Waals surface area contributed by atoms with Crippen LogP contribution in [0.1, 0.15) is 26.3 Å². The SMILES string of the molecule is NC(=O)c1cc(NS(=O)(=O)c2cc(C(F)(F)F)ccc2Cl)cc(C(N)=O)c1. The predicted octanol–water partition coefficient (Wildman–Crippen LogP) is 2.36. The zero-order chi connectivity index (χ0) is 20.6. The second-order valence-corrected chi connectivity index (χ2v) is 7.33. The number of halogens is 4. The molecule has 0 radical (unpaired) electrons. The summed E-state index contributed by atoms with van der Waals surface area (Å²) in [5.41, 5.74) is 8.20. The average Bonchev–Trinajstić information content (AvgIpc) is 2.53. The minimum Gasteiger partial charge on any atom is -0.366 e. The van der Waals surface area contributed by atoms with Gasteiger partial charge in [-0.2, -0.15) is 13.2 Å². The van der Waals surface area contributed by atoms with E-state index in [2.05, 4.69) is 0 Å². The van der Waals surface area contributed by atoms with Gasteiger partial charge in [-0.3, -0.25) is 14.3 Å². The Bertz CT molecular complexity index is 1010. The van der Waals surface area contributed by atoms with E-state index in [9.17, 15) is 31.2 Å². The van der Waals surface area contributed by atoms with Gasteiger partial charge in [0.2, 0.25) is 11.8 Å². The van der Waals surface area contributed by atoms with Crippen LogP contribution in [-0.2, 0) is 16.2 Å². The van der Waals surface area contributed by atoms with E-state index in [1.807, 2.05) is 4.72 Å². The van der Waals surface area contributed by atoms with Crippen molar-refractivity contribution in [2.24, 2.45) is 11.5 Å². The number of hydrogen-bond acceptors (Lipinski definition) is 4. The lowest BCUT2D eigenvalue weighted by atomic mass is 10.1. The zero-order valence-corrected chi connectivity index (χ0v) is 14.7. The molecule has 0 saturated carbocycles. The molecule has 5 N–H and O–H groups in total. The molecule has 0 bridgehead atoms. The Morgan fingerprint density at radius 2 is 1.48 bits per heavy atom. The molecular formula is C15H11ClF3N3O4S. The summed E-state index contributed by atoms with van der Waals surface area (Å²) in [7, 11) is -4.60. The number of alkyl halides is 3. The van der Waals surface area contributed by atoms with Crippen LogP contribution in [0.4, 0.5) is 18.9 Å². The molecule has 0 unspecified atom stereocenters. The standard InChI is InChI=1S/C15H11ClF3N3O4S/c16-11-2-1-9(15(17,18)19)6-12(11)27(25,26)22-10-4-7(13(20)23)3-8(5-10)14(21)24/h1-6,22H,(H2,20,23)(H2,21,24). The van der Waals surface area contributed by atoms with Crippen LogP contribution in [0.2, 0.25) is 5.02 Å². The molecule has 0 heterocycles. The summed E-state index contributed by atoms with van der Waals surface area (Å²) >= 11 is 5.73. The van der Waals surface area contributed by atoms with Crippen LogP contribution in [0.25, 0.3) is 0 Å². The largest absolute Gasteiger partial charge is 0.416 e. The lowest BCUT2D eigenvalue weighted by Gasteiger charge is -2.13. The van der Waals surface area contributed by atoms with Gasteiger partial charge in [-0.05, 0) is 36.4 Å². The summed E-state index contributed by atoms with van der Waals surface area (Å²) in [5.74, 6) is -1.95. The van der Waals surface area contributed by atoms with E-state index in [-0.39, 0.29) is 16.8 Å².